The topological polar surface area (TPSA) is 101 Å². The quantitative estimate of drug-likeness (QED) is 0.330. The molecule has 1 rings (SSSR count). The van der Waals surface area contributed by atoms with Gasteiger partial charge in [-0.15, -0.1) is 0 Å². The number of rotatable bonds is 12. The highest BCUT2D eigenvalue weighted by molar-refractivity contribution is 7.74. The van der Waals surface area contributed by atoms with Crippen molar-refractivity contribution in [3.8, 4) is 0 Å². The first-order chi connectivity index (χ1) is 11.0. The van der Waals surface area contributed by atoms with Crippen molar-refractivity contribution in [3.05, 3.63) is 12.2 Å². The molecular formula is C15H23NO6S. The molecule has 1 aliphatic rings. The van der Waals surface area contributed by atoms with Gasteiger partial charge in [0.1, 0.15) is 0 Å². The summed E-state index contributed by atoms with van der Waals surface area (Å²) < 4.78 is 22.7. The average Bonchev–Trinajstić information content (AvgIpc) is 2.79. The molecule has 130 valence electrons. The molecule has 2 amide bonds. The predicted molar refractivity (Wildman–Crippen MR) is 84.3 cm³/mol. The second kappa shape index (κ2) is 11.1. The molecule has 1 aliphatic heterocycles. The molecule has 8 heteroatoms. The number of amides is 2. The number of carbonyl (C=O) groups is 3. The number of hydrogen-bond acceptors (Lipinski definition) is 5. The first-order valence-corrected chi connectivity index (χ1v) is 8.89. The molecule has 1 heterocycles. The molecule has 0 aliphatic carbocycles. The van der Waals surface area contributed by atoms with Crippen molar-refractivity contribution in [2.75, 3.05) is 6.54 Å². The molecule has 0 aromatic rings. The van der Waals surface area contributed by atoms with Gasteiger partial charge >= 0.3 is 17.3 Å². The Labute approximate surface area is 138 Å². The Hall–Kier alpha value is -1.54. The van der Waals surface area contributed by atoms with Gasteiger partial charge in [0.15, 0.2) is 0 Å². The molecule has 0 spiro atoms. The molecule has 0 saturated heterocycles. The summed E-state index contributed by atoms with van der Waals surface area (Å²) in [7, 11) is 0. The van der Waals surface area contributed by atoms with Crippen LogP contribution >= 0.6 is 0 Å². The molecule has 0 saturated carbocycles. The lowest BCUT2D eigenvalue weighted by atomic mass is 10.1. The van der Waals surface area contributed by atoms with Crippen molar-refractivity contribution >= 4 is 29.1 Å². The van der Waals surface area contributed by atoms with E-state index in [1.807, 2.05) is 0 Å². The standard InChI is InChI=1S/C15H23NO6S/c17-13-10-11-14(18)16(13)12-8-6-4-2-1-3-5-7-9-15(19)22-23(20)21/h10-11H,1-9,12H2,(H,20,21). The largest absolute Gasteiger partial charge is 0.360 e. The highest BCUT2D eigenvalue weighted by Gasteiger charge is 2.21. The third-order valence-corrected chi connectivity index (χ3v) is 3.91. The monoisotopic (exact) mass is 345 g/mol. The van der Waals surface area contributed by atoms with Crippen molar-refractivity contribution < 1.29 is 27.3 Å². The molecule has 1 atom stereocenters. The maximum absolute atomic E-state index is 11.3. The molecule has 23 heavy (non-hydrogen) atoms. The highest BCUT2D eigenvalue weighted by Crippen LogP contribution is 2.11. The van der Waals surface area contributed by atoms with Crippen LogP contribution in [0.5, 0.6) is 0 Å². The van der Waals surface area contributed by atoms with E-state index in [4.69, 9.17) is 4.55 Å². The van der Waals surface area contributed by atoms with E-state index in [0.29, 0.717) is 13.0 Å². The number of imide groups is 1. The second-order valence-electron chi connectivity index (χ2n) is 5.41. The number of unbranched alkanes of at least 4 members (excludes halogenated alkanes) is 7. The van der Waals surface area contributed by atoms with Crippen LogP contribution < -0.4 is 0 Å². The Morgan fingerprint density at radius 1 is 0.957 bits per heavy atom. The molecule has 7 nitrogen and oxygen atoms in total. The van der Waals surface area contributed by atoms with Gasteiger partial charge in [-0.3, -0.25) is 23.8 Å². The molecule has 0 radical (unpaired) electrons. The molecule has 0 fully saturated rings. The van der Waals surface area contributed by atoms with Crippen molar-refractivity contribution in [1.29, 1.82) is 0 Å². The minimum absolute atomic E-state index is 0.165. The Kier molecular flexibility index (Phi) is 9.39. The molecule has 0 bridgehead atoms. The third kappa shape index (κ3) is 8.61. The number of hydrogen-bond donors (Lipinski definition) is 1. The third-order valence-electron chi connectivity index (χ3n) is 3.58. The maximum Gasteiger partial charge on any atom is 0.360 e. The van der Waals surface area contributed by atoms with E-state index >= 15 is 0 Å². The van der Waals surface area contributed by atoms with E-state index in [9.17, 15) is 18.6 Å². The Morgan fingerprint density at radius 2 is 1.43 bits per heavy atom. The summed E-state index contributed by atoms with van der Waals surface area (Å²) in [5.41, 5.74) is 0. The van der Waals surface area contributed by atoms with E-state index in [2.05, 4.69) is 4.18 Å². The van der Waals surface area contributed by atoms with Crippen LogP contribution in [0.2, 0.25) is 0 Å². The zero-order chi connectivity index (χ0) is 17.1. The number of nitrogens with zero attached hydrogens (tertiary/aromatic N) is 1. The van der Waals surface area contributed by atoms with Crippen LogP contribution in [0, 0.1) is 0 Å². The van der Waals surface area contributed by atoms with Crippen molar-refractivity contribution in [2.24, 2.45) is 0 Å². The zero-order valence-electron chi connectivity index (χ0n) is 13.1. The minimum Gasteiger partial charge on any atom is -0.343 e. The molecule has 0 aromatic heterocycles. The van der Waals surface area contributed by atoms with E-state index in [1.54, 1.807) is 0 Å². The van der Waals surface area contributed by atoms with Crippen molar-refractivity contribution in [2.45, 2.75) is 57.8 Å². The Balaban J connectivity index is 1.87. The van der Waals surface area contributed by atoms with Gasteiger partial charge in [-0.05, 0) is 12.8 Å². The van der Waals surface area contributed by atoms with E-state index in [1.165, 1.54) is 17.1 Å². The summed E-state index contributed by atoms with van der Waals surface area (Å²) in [5, 5.41) is 0. The van der Waals surface area contributed by atoms with Gasteiger partial charge < -0.3 is 4.18 Å². The lowest BCUT2D eigenvalue weighted by Gasteiger charge is -2.12. The average molecular weight is 345 g/mol. The van der Waals surface area contributed by atoms with Gasteiger partial charge in [-0.2, -0.15) is 4.21 Å². The minimum atomic E-state index is -2.51. The smallest absolute Gasteiger partial charge is 0.343 e. The van der Waals surface area contributed by atoms with Gasteiger partial charge in [0.2, 0.25) is 0 Å². The first-order valence-electron chi connectivity index (χ1n) is 7.86. The summed E-state index contributed by atoms with van der Waals surface area (Å²) in [5.74, 6) is -1.09. The van der Waals surface area contributed by atoms with Gasteiger partial charge in [-0.25, -0.2) is 0 Å². The molecular weight excluding hydrogens is 322 g/mol. The van der Waals surface area contributed by atoms with Gasteiger partial charge in [0.05, 0.1) is 0 Å². The fourth-order valence-corrected chi connectivity index (χ4v) is 2.61. The Bertz CT molecular complexity index is 459. The number of carbonyl (C=O) groups excluding carboxylic acids is 3. The van der Waals surface area contributed by atoms with E-state index in [-0.39, 0.29) is 18.2 Å². The molecule has 1 N–H and O–H groups in total. The van der Waals surface area contributed by atoms with Crippen LogP contribution in [0.15, 0.2) is 12.2 Å². The first kappa shape index (κ1) is 19.5. The van der Waals surface area contributed by atoms with E-state index in [0.717, 1.165) is 44.9 Å². The maximum atomic E-state index is 11.3. The van der Waals surface area contributed by atoms with Crippen LogP contribution in [-0.2, 0) is 29.9 Å². The zero-order valence-corrected chi connectivity index (χ0v) is 13.9. The van der Waals surface area contributed by atoms with Crippen LogP contribution in [-0.4, -0.2) is 38.0 Å². The van der Waals surface area contributed by atoms with E-state index < -0.39 is 17.3 Å². The molecule has 1 unspecified atom stereocenters. The summed E-state index contributed by atoms with van der Waals surface area (Å²) in [6.45, 7) is 0.485. The molecule has 0 aromatic carbocycles. The van der Waals surface area contributed by atoms with Crippen LogP contribution in [0.1, 0.15) is 57.8 Å². The van der Waals surface area contributed by atoms with Crippen LogP contribution in [0.25, 0.3) is 0 Å². The summed E-state index contributed by atoms with van der Waals surface area (Å²) in [6, 6.07) is 0. The van der Waals surface area contributed by atoms with Crippen molar-refractivity contribution in [3.63, 3.8) is 0 Å². The predicted octanol–water partition coefficient (Wildman–Crippen LogP) is 2.10. The highest BCUT2D eigenvalue weighted by atomic mass is 32.2. The SMILES string of the molecule is O=C(CCCCCCCCCCN1C(=O)C=CC1=O)OS(=O)O. The van der Waals surface area contributed by atoms with Crippen LogP contribution in [0.3, 0.4) is 0 Å². The normalized spacial score (nSPS) is 15.3. The van der Waals surface area contributed by atoms with Gasteiger partial charge in [0.25, 0.3) is 11.8 Å². The Morgan fingerprint density at radius 3 is 1.96 bits per heavy atom. The fourth-order valence-electron chi connectivity index (χ4n) is 2.37. The lowest BCUT2D eigenvalue weighted by molar-refractivity contribution is -0.137. The summed E-state index contributed by atoms with van der Waals surface area (Å²) in [6.07, 6.45) is 10.3. The summed E-state index contributed by atoms with van der Waals surface area (Å²) in [4.78, 5) is 34.9. The lowest BCUT2D eigenvalue weighted by Crippen LogP contribution is -2.30. The van der Waals surface area contributed by atoms with Gasteiger partial charge in [-0.1, -0.05) is 38.5 Å². The van der Waals surface area contributed by atoms with Crippen LogP contribution in [0.4, 0.5) is 0 Å². The summed E-state index contributed by atoms with van der Waals surface area (Å²) >= 11 is -2.51. The van der Waals surface area contributed by atoms with Crippen molar-refractivity contribution in [1.82, 2.24) is 4.90 Å². The fraction of sp³-hybridized carbons (Fsp3) is 0.667. The second-order valence-corrected chi connectivity index (χ2v) is 6.01. The van der Waals surface area contributed by atoms with Gasteiger partial charge in [0, 0.05) is 25.1 Å².